The quantitative estimate of drug-likeness (QED) is 0.602. The number of amides is 2. The molecule has 4 rings (SSSR count). The summed E-state index contributed by atoms with van der Waals surface area (Å²) in [4.78, 5) is 27.9. The van der Waals surface area contributed by atoms with Gasteiger partial charge in [-0.3, -0.25) is 14.5 Å². The van der Waals surface area contributed by atoms with E-state index in [2.05, 4.69) is 15.5 Å². The largest absolute Gasteiger partial charge is 0.469 e. The van der Waals surface area contributed by atoms with Gasteiger partial charge in [0.2, 0.25) is 11.8 Å². The number of furan rings is 1. The normalized spacial score (nSPS) is 16.0. The average Bonchev–Trinajstić information content (AvgIpc) is 3.33. The maximum Gasteiger partial charge on any atom is 0.250 e. The number of rotatable bonds is 5. The van der Waals surface area contributed by atoms with Gasteiger partial charge >= 0.3 is 0 Å². The van der Waals surface area contributed by atoms with E-state index in [9.17, 15) is 9.59 Å². The van der Waals surface area contributed by atoms with E-state index in [-0.39, 0.29) is 11.8 Å². The highest BCUT2D eigenvalue weighted by atomic mass is 32.2. The molecular weight excluding hydrogens is 414 g/mol. The third kappa shape index (κ3) is 3.52. The first kappa shape index (κ1) is 21.2. The van der Waals surface area contributed by atoms with Crippen molar-refractivity contribution in [1.29, 1.82) is 0 Å². The molecule has 3 aromatic rings. The van der Waals surface area contributed by atoms with Gasteiger partial charge in [-0.25, -0.2) is 0 Å². The molecule has 1 aromatic carbocycles. The second kappa shape index (κ2) is 7.88. The van der Waals surface area contributed by atoms with Gasteiger partial charge in [0, 0.05) is 6.54 Å². The number of nitrogens with zero attached hydrogens (tertiary/aromatic N) is 4. The number of thioether (sulfide) groups is 1. The molecule has 0 saturated heterocycles. The predicted molar refractivity (Wildman–Crippen MR) is 120 cm³/mol. The lowest BCUT2D eigenvalue weighted by Gasteiger charge is -2.43. The zero-order chi connectivity index (χ0) is 22.3. The van der Waals surface area contributed by atoms with E-state index in [0.29, 0.717) is 28.9 Å². The van der Waals surface area contributed by atoms with Crippen LogP contribution in [0, 0.1) is 6.92 Å². The molecule has 0 bridgehead atoms. The van der Waals surface area contributed by atoms with Gasteiger partial charge in [-0.1, -0.05) is 23.9 Å². The van der Waals surface area contributed by atoms with Crippen LogP contribution in [0.15, 0.2) is 46.2 Å². The minimum atomic E-state index is -1.02. The Morgan fingerprint density at radius 2 is 2.00 bits per heavy atom. The van der Waals surface area contributed by atoms with Crippen LogP contribution in [0.2, 0.25) is 0 Å². The van der Waals surface area contributed by atoms with Crippen molar-refractivity contribution in [1.82, 2.24) is 14.8 Å². The van der Waals surface area contributed by atoms with Crippen LogP contribution in [0.1, 0.15) is 33.5 Å². The fourth-order valence-corrected chi connectivity index (χ4v) is 4.67. The first-order chi connectivity index (χ1) is 14.8. The topological polar surface area (TPSA) is 93.3 Å². The van der Waals surface area contributed by atoms with Crippen molar-refractivity contribution in [3.8, 4) is 11.4 Å². The molecule has 162 valence electrons. The van der Waals surface area contributed by atoms with Crippen molar-refractivity contribution in [2.24, 2.45) is 0 Å². The number of carbonyl (C=O) groups excluding carboxylic acids is 2. The average molecular weight is 440 g/mol. The van der Waals surface area contributed by atoms with E-state index in [1.54, 1.807) is 31.1 Å². The minimum absolute atomic E-state index is 0.163. The molecule has 1 unspecified atom stereocenters. The third-order valence-electron chi connectivity index (χ3n) is 5.49. The summed E-state index contributed by atoms with van der Waals surface area (Å²) < 4.78 is 7.37. The molecule has 0 aliphatic carbocycles. The Morgan fingerprint density at radius 1 is 1.26 bits per heavy atom. The SMILES string of the molecule is CCn1c(SC(C)C(=O)N2c3ccccc3NC(=O)C2(C)C)nnc1-c1ccoc1C. The van der Waals surface area contributed by atoms with Crippen LogP contribution in [0.25, 0.3) is 11.4 Å². The van der Waals surface area contributed by atoms with Crippen LogP contribution in [0.3, 0.4) is 0 Å². The summed E-state index contributed by atoms with van der Waals surface area (Å²) in [5.41, 5.74) is 1.18. The van der Waals surface area contributed by atoms with E-state index >= 15 is 0 Å². The molecule has 0 fully saturated rings. The molecule has 0 spiro atoms. The molecule has 1 atom stereocenters. The number of hydrogen-bond donors (Lipinski definition) is 1. The molecule has 1 aliphatic heterocycles. The standard InChI is InChI=1S/C22H25N5O3S/c1-6-26-18(15-11-12-30-13(15)2)24-25-21(26)31-14(3)19(28)27-17-10-8-7-9-16(17)23-20(29)22(27,4)5/h7-12,14H,6H2,1-5H3,(H,23,29). The van der Waals surface area contributed by atoms with Gasteiger partial charge < -0.3 is 14.3 Å². The van der Waals surface area contributed by atoms with Crippen LogP contribution >= 0.6 is 11.8 Å². The second-order valence-corrected chi connectivity index (χ2v) is 9.21. The van der Waals surface area contributed by atoms with Gasteiger partial charge in [0.25, 0.3) is 0 Å². The van der Waals surface area contributed by atoms with Crippen molar-refractivity contribution in [3.63, 3.8) is 0 Å². The molecule has 3 heterocycles. The van der Waals surface area contributed by atoms with Gasteiger partial charge in [0.1, 0.15) is 11.3 Å². The highest BCUT2D eigenvalue weighted by molar-refractivity contribution is 8.00. The van der Waals surface area contributed by atoms with E-state index < -0.39 is 10.8 Å². The van der Waals surface area contributed by atoms with Crippen LogP contribution in [-0.4, -0.2) is 37.4 Å². The predicted octanol–water partition coefficient (Wildman–Crippen LogP) is 4.11. The zero-order valence-corrected chi connectivity index (χ0v) is 19.0. The second-order valence-electron chi connectivity index (χ2n) is 7.90. The van der Waals surface area contributed by atoms with Crippen molar-refractivity contribution in [2.45, 2.75) is 57.1 Å². The first-order valence-corrected chi connectivity index (χ1v) is 11.0. The maximum atomic E-state index is 13.6. The van der Waals surface area contributed by atoms with Crippen LogP contribution in [-0.2, 0) is 16.1 Å². The fraction of sp³-hybridized carbons (Fsp3) is 0.364. The molecule has 1 aliphatic rings. The number of aromatic nitrogens is 3. The Balaban J connectivity index is 1.65. The number of anilines is 2. The van der Waals surface area contributed by atoms with E-state index in [1.807, 2.05) is 49.6 Å². The Morgan fingerprint density at radius 3 is 2.68 bits per heavy atom. The summed E-state index contributed by atoms with van der Waals surface area (Å²) in [6.45, 7) is 9.87. The lowest BCUT2D eigenvalue weighted by atomic mass is 9.96. The van der Waals surface area contributed by atoms with E-state index in [4.69, 9.17) is 4.42 Å². The van der Waals surface area contributed by atoms with Crippen molar-refractivity contribution in [2.75, 3.05) is 10.2 Å². The number of carbonyl (C=O) groups is 2. The molecule has 2 aromatic heterocycles. The lowest BCUT2D eigenvalue weighted by molar-refractivity contribution is -0.126. The Labute approximate surface area is 185 Å². The highest BCUT2D eigenvalue weighted by Gasteiger charge is 2.45. The highest BCUT2D eigenvalue weighted by Crippen LogP contribution is 2.39. The van der Waals surface area contributed by atoms with Crippen molar-refractivity contribution < 1.29 is 14.0 Å². The summed E-state index contributed by atoms with van der Waals surface area (Å²) in [5, 5.41) is 11.7. The summed E-state index contributed by atoms with van der Waals surface area (Å²) in [6.07, 6.45) is 1.62. The summed E-state index contributed by atoms with van der Waals surface area (Å²) >= 11 is 1.33. The smallest absolute Gasteiger partial charge is 0.250 e. The molecule has 9 heteroatoms. The number of aryl methyl sites for hydroxylation is 1. The third-order valence-corrected chi connectivity index (χ3v) is 6.56. The summed E-state index contributed by atoms with van der Waals surface area (Å²) in [6, 6.07) is 9.20. The van der Waals surface area contributed by atoms with Crippen LogP contribution < -0.4 is 10.2 Å². The summed E-state index contributed by atoms with van der Waals surface area (Å²) in [7, 11) is 0. The van der Waals surface area contributed by atoms with Crippen LogP contribution in [0.4, 0.5) is 11.4 Å². The number of hydrogen-bond acceptors (Lipinski definition) is 6. The van der Waals surface area contributed by atoms with E-state index in [0.717, 1.165) is 11.3 Å². The number of para-hydroxylation sites is 2. The van der Waals surface area contributed by atoms with Crippen LogP contribution in [0.5, 0.6) is 0 Å². The van der Waals surface area contributed by atoms with Gasteiger partial charge in [-0.2, -0.15) is 0 Å². The zero-order valence-electron chi connectivity index (χ0n) is 18.2. The first-order valence-electron chi connectivity index (χ1n) is 10.1. The fourth-order valence-electron chi connectivity index (χ4n) is 3.71. The number of benzene rings is 1. The van der Waals surface area contributed by atoms with Gasteiger partial charge in [-0.05, 0) is 52.8 Å². The molecule has 1 N–H and O–H groups in total. The Bertz CT molecular complexity index is 1150. The monoisotopic (exact) mass is 439 g/mol. The van der Waals surface area contributed by atoms with Gasteiger partial charge in [-0.15, -0.1) is 10.2 Å². The summed E-state index contributed by atoms with van der Waals surface area (Å²) in [5.74, 6) is 1.09. The molecule has 31 heavy (non-hydrogen) atoms. The minimum Gasteiger partial charge on any atom is -0.469 e. The van der Waals surface area contributed by atoms with Gasteiger partial charge in [0.05, 0.1) is 28.5 Å². The van der Waals surface area contributed by atoms with E-state index in [1.165, 1.54) is 11.8 Å². The number of nitrogens with one attached hydrogen (secondary N) is 1. The van der Waals surface area contributed by atoms with Gasteiger partial charge in [0.15, 0.2) is 11.0 Å². The molecular formula is C22H25N5O3S. The Hall–Kier alpha value is -3.07. The Kier molecular flexibility index (Phi) is 5.38. The lowest BCUT2D eigenvalue weighted by Crippen LogP contribution is -2.60. The molecule has 8 nitrogen and oxygen atoms in total. The number of fused-ring (bicyclic) bond motifs is 1. The maximum absolute atomic E-state index is 13.6. The molecule has 2 amide bonds. The molecule has 0 radical (unpaired) electrons. The molecule has 0 saturated carbocycles. The van der Waals surface area contributed by atoms with Crippen molar-refractivity contribution in [3.05, 3.63) is 42.4 Å². The van der Waals surface area contributed by atoms with Crippen molar-refractivity contribution >= 4 is 35.0 Å².